The molecule has 1 fully saturated rings. The Balaban J connectivity index is 1.67. The lowest BCUT2D eigenvalue weighted by atomic mass is 9.84. The number of amides is 1. The van der Waals surface area contributed by atoms with Crippen LogP contribution in [0.25, 0.3) is 0 Å². The summed E-state index contributed by atoms with van der Waals surface area (Å²) in [7, 11) is 7.04. The Labute approximate surface area is 225 Å². The first-order chi connectivity index (χ1) is 18.0. The SMILES string of the molecule is CNC(=O)c1cc2c(cc1N(C)C)CN(CC(=O)c1cc(N3CCOCC3)c(OC)c(C(C)(C)C)c1)C2=N. The summed E-state index contributed by atoms with van der Waals surface area (Å²) in [5.74, 6) is 0.768. The van der Waals surface area contributed by atoms with Gasteiger partial charge in [-0.25, -0.2) is 0 Å². The van der Waals surface area contributed by atoms with Crippen LogP contribution in [0.4, 0.5) is 11.4 Å². The zero-order chi connectivity index (χ0) is 27.8. The lowest BCUT2D eigenvalue weighted by Gasteiger charge is -2.33. The number of hydrogen-bond donors (Lipinski definition) is 2. The van der Waals surface area contributed by atoms with E-state index >= 15 is 0 Å². The highest BCUT2D eigenvalue weighted by Gasteiger charge is 2.31. The largest absolute Gasteiger partial charge is 0.494 e. The molecule has 38 heavy (non-hydrogen) atoms. The maximum Gasteiger partial charge on any atom is 0.253 e. The molecule has 2 aromatic carbocycles. The normalized spacial score (nSPS) is 15.4. The number of carbonyl (C=O) groups is 2. The predicted molar refractivity (Wildman–Crippen MR) is 150 cm³/mol. The molecule has 0 saturated carbocycles. The lowest BCUT2D eigenvalue weighted by Crippen LogP contribution is -2.37. The van der Waals surface area contributed by atoms with Crippen molar-refractivity contribution < 1.29 is 19.1 Å². The molecule has 9 nitrogen and oxygen atoms in total. The summed E-state index contributed by atoms with van der Waals surface area (Å²) in [6, 6.07) is 7.56. The fraction of sp³-hybridized carbons (Fsp3) is 0.483. The molecular formula is C29H39N5O4. The molecule has 0 unspecified atom stereocenters. The zero-order valence-electron chi connectivity index (χ0n) is 23.5. The van der Waals surface area contributed by atoms with Gasteiger partial charge >= 0.3 is 0 Å². The molecule has 9 heteroatoms. The molecule has 0 radical (unpaired) electrons. The van der Waals surface area contributed by atoms with Gasteiger partial charge in [-0.1, -0.05) is 20.8 Å². The number of fused-ring (bicyclic) bond motifs is 1. The molecule has 2 aliphatic heterocycles. The number of benzene rings is 2. The van der Waals surface area contributed by atoms with Crippen LogP contribution in [0.1, 0.15) is 58.2 Å². The Morgan fingerprint density at radius 1 is 1.13 bits per heavy atom. The molecule has 0 bridgehead atoms. The van der Waals surface area contributed by atoms with Gasteiger partial charge in [-0.3, -0.25) is 15.0 Å². The fourth-order valence-electron chi connectivity index (χ4n) is 5.11. The number of anilines is 2. The van der Waals surface area contributed by atoms with E-state index < -0.39 is 0 Å². The van der Waals surface area contributed by atoms with E-state index in [1.54, 1.807) is 25.1 Å². The van der Waals surface area contributed by atoms with Crippen molar-refractivity contribution in [2.45, 2.75) is 32.7 Å². The summed E-state index contributed by atoms with van der Waals surface area (Å²) in [5.41, 5.74) is 5.13. The van der Waals surface area contributed by atoms with Crippen molar-refractivity contribution in [3.8, 4) is 5.75 Å². The molecule has 0 spiro atoms. The van der Waals surface area contributed by atoms with Crippen molar-refractivity contribution in [3.63, 3.8) is 0 Å². The summed E-state index contributed by atoms with van der Waals surface area (Å²) in [5, 5.41) is 11.5. The van der Waals surface area contributed by atoms with Gasteiger partial charge in [-0.2, -0.15) is 0 Å². The highest BCUT2D eigenvalue weighted by atomic mass is 16.5. The Bertz CT molecular complexity index is 1260. The van der Waals surface area contributed by atoms with Crippen LogP contribution in [0.2, 0.25) is 0 Å². The third-order valence-electron chi connectivity index (χ3n) is 7.20. The Kier molecular flexibility index (Phi) is 7.69. The summed E-state index contributed by atoms with van der Waals surface area (Å²) in [6.45, 7) is 9.55. The number of rotatable bonds is 7. The van der Waals surface area contributed by atoms with Crippen molar-refractivity contribution in [1.29, 1.82) is 5.41 Å². The minimum Gasteiger partial charge on any atom is -0.494 e. The van der Waals surface area contributed by atoms with Gasteiger partial charge in [0.1, 0.15) is 11.6 Å². The van der Waals surface area contributed by atoms with Gasteiger partial charge in [0.15, 0.2) is 5.78 Å². The second-order valence-electron chi connectivity index (χ2n) is 11.1. The molecule has 1 amide bonds. The number of methoxy groups -OCH3 is 1. The molecule has 0 atom stereocenters. The minimum absolute atomic E-state index is 0.0652. The first-order valence-electron chi connectivity index (χ1n) is 12.9. The van der Waals surface area contributed by atoms with E-state index in [2.05, 4.69) is 31.0 Å². The molecule has 2 aromatic rings. The molecule has 0 aromatic heterocycles. The molecule has 2 heterocycles. The van der Waals surface area contributed by atoms with Crippen molar-refractivity contribution in [3.05, 3.63) is 52.1 Å². The van der Waals surface area contributed by atoms with Crippen LogP contribution in [-0.2, 0) is 16.7 Å². The Hall–Kier alpha value is -3.59. The monoisotopic (exact) mass is 521 g/mol. The maximum absolute atomic E-state index is 13.7. The van der Waals surface area contributed by atoms with Crippen LogP contribution in [0, 0.1) is 5.41 Å². The molecule has 1 saturated heterocycles. The molecule has 0 aliphatic carbocycles. The third-order valence-corrected chi connectivity index (χ3v) is 7.20. The average molecular weight is 522 g/mol. The quantitative estimate of drug-likeness (QED) is 0.540. The first kappa shape index (κ1) is 27.4. The highest BCUT2D eigenvalue weighted by molar-refractivity contribution is 6.08. The second-order valence-corrected chi connectivity index (χ2v) is 11.1. The number of amidine groups is 1. The van der Waals surface area contributed by atoms with Gasteiger partial charge in [0.25, 0.3) is 5.91 Å². The van der Waals surface area contributed by atoms with E-state index in [1.165, 1.54) is 0 Å². The van der Waals surface area contributed by atoms with Gasteiger partial charge in [0, 0.05) is 63.2 Å². The van der Waals surface area contributed by atoms with Gasteiger partial charge in [0.2, 0.25) is 0 Å². The van der Waals surface area contributed by atoms with E-state index in [1.807, 2.05) is 37.2 Å². The van der Waals surface area contributed by atoms with Gasteiger partial charge in [0.05, 0.1) is 38.1 Å². The zero-order valence-corrected chi connectivity index (χ0v) is 23.5. The highest BCUT2D eigenvalue weighted by Crippen LogP contribution is 2.41. The van der Waals surface area contributed by atoms with E-state index in [9.17, 15) is 9.59 Å². The number of nitrogens with zero attached hydrogens (tertiary/aromatic N) is 3. The predicted octanol–water partition coefficient (Wildman–Crippen LogP) is 3.28. The van der Waals surface area contributed by atoms with Crippen molar-refractivity contribution in [1.82, 2.24) is 10.2 Å². The molecule has 4 rings (SSSR count). The number of ketones is 1. The van der Waals surface area contributed by atoms with Crippen molar-refractivity contribution >= 4 is 28.9 Å². The Morgan fingerprint density at radius 3 is 2.39 bits per heavy atom. The average Bonchev–Trinajstić information content (AvgIpc) is 3.20. The maximum atomic E-state index is 13.7. The fourth-order valence-corrected chi connectivity index (χ4v) is 5.11. The van der Waals surface area contributed by atoms with Crippen LogP contribution in [0.15, 0.2) is 24.3 Å². The van der Waals surface area contributed by atoms with E-state index in [0.717, 1.165) is 41.3 Å². The summed E-state index contributed by atoms with van der Waals surface area (Å²) < 4.78 is 11.4. The van der Waals surface area contributed by atoms with Gasteiger partial charge < -0.3 is 29.5 Å². The number of morpholine rings is 1. The minimum atomic E-state index is -0.238. The Morgan fingerprint density at radius 2 is 1.82 bits per heavy atom. The molecule has 2 aliphatic rings. The van der Waals surface area contributed by atoms with Gasteiger partial charge in [-0.05, 0) is 35.2 Å². The van der Waals surface area contributed by atoms with E-state index in [4.69, 9.17) is 14.9 Å². The summed E-state index contributed by atoms with van der Waals surface area (Å²) in [4.78, 5) is 32.1. The van der Waals surface area contributed by atoms with Crippen molar-refractivity contribution in [2.24, 2.45) is 0 Å². The van der Waals surface area contributed by atoms with Crippen LogP contribution in [0.5, 0.6) is 5.75 Å². The lowest BCUT2D eigenvalue weighted by molar-refractivity contribution is 0.0955. The van der Waals surface area contributed by atoms with Crippen LogP contribution in [-0.4, -0.2) is 83.5 Å². The molecule has 204 valence electrons. The van der Waals surface area contributed by atoms with Crippen LogP contribution < -0.4 is 19.9 Å². The topological polar surface area (TPSA) is 98.2 Å². The third kappa shape index (κ3) is 5.20. The number of hydrogen-bond acceptors (Lipinski definition) is 7. The van der Waals surface area contributed by atoms with Gasteiger partial charge in [-0.15, -0.1) is 0 Å². The smallest absolute Gasteiger partial charge is 0.253 e. The van der Waals surface area contributed by atoms with Crippen LogP contribution in [0.3, 0.4) is 0 Å². The molecule has 2 N–H and O–H groups in total. The van der Waals surface area contributed by atoms with E-state index in [0.29, 0.717) is 36.4 Å². The number of carbonyl (C=O) groups excluding carboxylic acids is 2. The molecular weight excluding hydrogens is 482 g/mol. The number of nitrogens with one attached hydrogen (secondary N) is 2. The standard InChI is InChI=1S/C29H39N5O4/c1-29(2,3)22-12-18(13-24(26(22)37-7)33-8-10-38-11-9-33)25(35)17-34-16-19-14-23(32(5)6)21(28(36)31-4)15-20(19)27(34)30/h12-15,30H,8-11,16-17H2,1-7H3,(H,31,36). The second kappa shape index (κ2) is 10.6. The summed E-state index contributed by atoms with van der Waals surface area (Å²) >= 11 is 0. The number of Topliss-reactive ketones (excluding diaryl/α,β-unsaturated/α-hetero) is 1. The van der Waals surface area contributed by atoms with Crippen LogP contribution >= 0.6 is 0 Å². The first-order valence-corrected chi connectivity index (χ1v) is 12.9. The van der Waals surface area contributed by atoms with Crippen molar-refractivity contribution in [2.75, 3.05) is 70.9 Å². The number of ether oxygens (including phenoxy) is 2. The van der Waals surface area contributed by atoms with E-state index in [-0.39, 0.29) is 29.5 Å². The summed E-state index contributed by atoms with van der Waals surface area (Å²) in [6.07, 6.45) is 0.